The van der Waals surface area contributed by atoms with Crippen molar-refractivity contribution in [3.63, 3.8) is 0 Å². The zero-order valence-corrected chi connectivity index (χ0v) is 8.97. The van der Waals surface area contributed by atoms with Crippen molar-refractivity contribution in [3.8, 4) is 0 Å². The molecule has 4 nitrogen and oxygen atoms in total. The molecule has 4 N–H and O–H groups in total. The summed E-state index contributed by atoms with van der Waals surface area (Å²) in [6.07, 6.45) is 3.37. The molecule has 0 aliphatic heterocycles. The molecule has 0 atom stereocenters. The summed E-state index contributed by atoms with van der Waals surface area (Å²) in [7, 11) is 0. The van der Waals surface area contributed by atoms with Gasteiger partial charge in [0.15, 0.2) is 0 Å². The number of nitrogens with two attached hydrogens (primary N) is 1. The molecular weight excluding hydrogens is 180 g/mol. The van der Waals surface area contributed by atoms with Crippen molar-refractivity contribution < 1.29 is 9.90 Å². The van der Waals surface area contributed by atoms with E-state index < -0.39 is 5.60 Å². The molecule has 1 saturated carbocycles. The Balaban J connectivity index is 2.22. The molecule has 1 aliphatic carbocycles. The Bertz CT molecular complexity index is 217. The van der Waals surface area contributed by atoms with Crippen LogP contribution in [0.25, 0.3) is 0 Å². The maximum atomic E-state index is 11.4. The summed E-state index contributed by atoms with van der Waals surface area (Å²) in [5.41, 5.74) is 4.80. The second-order valence-electron chi connectivity index (χ2n) is 4.98. The SMILES string of the molecule is CC(C)(O)CNC(=O)CC1(N)CCC1. The van der Waals surface area contributed by atoms with E-state index in [9.17, 15) is 9.90 Å². The van der Waals surface area contributed by atoms with Crippen LogP contribution in [0, 0.1) is 0 Å². The number of hydrogen-bond acceptors (Lipinski definition) is 3. The minimum atomic E-state index is -0.850. The number of aliphatic hydroxyl groups is 1. The summed E-state index contributed by atoms with van der Waals surface area (Å²) in [6.45, 7) is 3.60. The summed E-state index contributed by atoms with van der Waals surface area (Å²) < 4.78 is 0. The van der Waals surface area contributed by atoms with Gasteiger partial charge in [0.25, 0.3) is 0 Å². The van der Waals surface area contributed by atoms with Crippen molar-refractivity contribution in [1.29, 1.82) is 0 Å². The maximum absolute atomic E-state index is 11.4. The van der Waals surface area contributed by atoms with Gasteiger partial charge < -0.3 is 16.2 Å². The predicted octanol–water partition coefficient (Wildman–Crippen LogP) is 0.145. The van der Waals surface area contributed by atoms with E-state index >= 15 is 0 Å². The Kier molecular flexibility index (Phi) is 3.17. The van der Waals surface area contributed by atoms with E-state index in [1.54, 1.807) is 13.8 Å². The number of carbonyl (C=O) groups excluding carboxylic acids is 1. The van der Waals surface area contributed by atoms with Gasteiger partial charge in [0.05, 0.1) is 5.60 Å². The average Bonchev–Trinajstić information content (AvgIpc) is 1.97. The minimum Gasteiger partial charge on any atom is -0.389 e. The molecule has 0 unspecified atom stereocenters. The van der Waals surface area contributed by atoms with Crippen molar-refractivity contribution in [1.82, 2.24) is 5.32 Å². The number of rotatable bonds is 4. The number of carbonyl (C=O) groups is 1. The first-order valence-corrected chi connectivity index (χ1v) is 5.09. The normalized spacial score (nSPS) is 20.0. The number of amides is 1. The van der Waals surface area contributed by atoms with Gasteiger partial charge in [-0.1, -0.05) is 0 Å². The zero-order chi connectivity index (χ0) is 10.8. The minimum absolute atomic E-state index is 0.0608. The van der Waals surface area contributed by atoms with Gasteiger partial charge in [-0.05, 0) is 33.1 Å². The van der Waals surface area contributed by atoms with Crippen LogP contribution < -0.4 is 11.1 Å². The summed E-state index contributed by atoms with van der Waals surface area (Å²) in [6, 6.07) is 0. The van der Waals surface area contributed by atoms with E-state index in [1.165, 1.54) is 0 Å². The maximum Gasteiger partial charge on any atom is 0.221 e. The summed E-state index contributed by atoms with van der Waals surface area (Å²) in [4.78, 5) is 11.4. The highest BCUT2D eigenvalue weighted by Gasteiger charge is 2.34. The lowest BCUT2D eigenvalue weighted by Crippen LogP contribution is -2.51. The van der Waals surface area contributed by atoms with Gasteiger partial charge in [-0.25, -0.2) is 0 Å². The third-order valence-corrected chi connectivity index (χ3v) is 2.58. The first kappa shape index (κ1) is 11.5. The molecular formula is C10H20N2O2. The molecule has 0 saturated heterocycles. The Morgan fingerprint density at radius 1 is 1.57 bits per heavy atom. The third-order valence-electron chi connectivity index (χ3n) is 2.58. The summed E-state index contributed by atoms with van der Waals surface area (Å²) in [5.74, 6) is -0.0608. The topological polar surface area (TPSA) is 75.3 Å². The molecule has 1 rings (SSSR count). The van der Waals surface area contributed by atoms with E-state index in [0.717, 1.165) is 19.3 Å². The lowest BCUT2D eigenvalue weighted by Gasteiger charge is -2.37. The number of nitrogens with one attached hydrogen (secondary N) is 1. The van der Waals surface area contributed by atoms with Crippen LogP contribution in [0.2, 0.25) is 0 Å². The molecule has 82 valence electrons. The van der Waals surface area contributed by atoms with Crippen molar-refractivity contribution in [3.05, 3.63) is 0 Å². The fourth-order valence-corrected chi connectivity index (χ4v) is 1.50. The third kappa shape index (κ3) is 3.64. The Hall–Kier alpha value is -0.610. The first-order chi connectivity index (χ1) is 6.31. The molecule has 14 heavy (non-hydrogen) atoms. The average molecular weight is 200 g/mol. The van der Waals surface area contributed by atoms with Gasteiger partial charge in [-0.3, -0.25) is 4.79 Å². The second-order valence-corrected chi connectivity index (χ2v) is 4.98. The lowest BCUT2D eigenvalue weighted by atomic mass is 9.75. The van der Waals surface area contributed by atoms with Gasteiger partial charge in [0, 0.05) is 18.5 Å². The molecule has 4 heteroatoms. The molecule has 0 aromatic heterocycles. The van der Waals surface area contributed by atoms with Crippen LogP contribution in [0.5, 0.6) is 0 Å². The Morgan fingerprint density at radius 3 is 2.50 bits per heavy atom. The van der Waals surface area contributed by atoms with Crippen molar-refractivity contribution in [2.45, 2.75) is 50.7 Å². The van der Waals surface area contributed by atoms with Crippen molar-refractivity contribution in [2.75, 3.05) is 6.54 Å². The highest BCUT2D eigenvalue weighted by molar-refractivity contribution is 5.77. The van der Waals surface area contributed by atoms with Crippen molar-refractivity contribution in [2.24, 2.45) is 5.73 Å². The van der Waals surface area contributed by atoms with E-state index in [-0.39, 0.29) is 18.0 Å². The molecule has 1 amide bonds. The molecule has 0 aromatic carbocycles. The monoisotopic (exact) mass is 200 g/mol. The number of hydrogen-bond donors (Lipinski definition) is 3. The lowest BCUT2D eigenvalue weighted by molar-refractivity contribution is -0.124. The molecule has 0 spiro atoms. The smallest absolute Gasteiger partial charge is 0.221 e. The van der Waals surface area contributed by atoms with Gasteiger partial charge in [-0.15, -0.1) is 0 Å². The highest BCUT2D eigenvalue weighted by atomic mass is 16.3. The molecule has 0 radical (unpaired) electrons. The second kappa shape index (κ2) is 3.87. The molecule has 0 aromatic rings. The van der Waals surface area contributed by atoms with Crippen LogP contribution in [0.3, 0.4) is 0 Å². The summed E-state index contributed by atoms with van der Waals surface area (Å²) in [5, 5.41) is 12.1. The largest absolute Gasteiger partial charge is 0.389 e. The van der Waals surface area contributed by atoms with Crippen LogP contribution in [0.4, 0.5) is 0 Å². The van der Waals surface area contributed by atoms with E-state index in [4.69, 9.17) is 5.73 Å². The van der Waals surface area contributed by atoms with Gasteiger partial charge >= 0.3 is 0 Å². The fourth-order valence-electron chi connectivity index (χ4n) is 1.50. The molecule has 1 fully saturated rings. The quantitative estimate of drug-likeness (QED) is 0.604. The van der Waals surface area contributed by atoms with E-state index in [1.807, 2.05) is 0 Å². The van der Waals surface area contributed by atoms with Gasteiger partial charge in [0.2, 0.25) is 5.91 Å². The van der Waals surface area contributed by atoms with Crippen LogP contribution in [-0.2, 0) is 4.79 Å². The van der Waals surface area contributed by atoms with Crippen LogP contribution in [0.15, 0.2) is 0 Å². The van der Waals surface area contributed by atoms with Crippen molar-refractivity contribution >= 4 is 5.91 Å². The predicted molar refractivity (Wildman–Crippen MR) is 54.7 cm³/mol. The molecule has 0 heterocycles. The first-order valence-electron chi connectivity index (χ1n) is 5.09. The van der Waals surface area contributed by atoms with Gasteiger partial charge in [-0.2, -0.15) is 0 Å². The fraction of sp³-hybridized carbons (Fsp3) is 0.900. The zero-order valence-electron chi connectivity index (χ0n) is 8.97. The van der Waals surface area contributed by atoms with Crippen LogP contribution in [-0.4, -0.2) is 28.7 Å². The molecule has 0 bridgehead atoms. The Labute approximate surface area is 84.9 Å². The summed E-state index contributed by atoms with van der Waals surface area (Å²) >= 11 is 0. The van der Waals surface area contributed by atoms with Gasteiger partial charge in [0.1, 0.15) is 0 Å². The van der Waals surface area contributed by atoms with E-state index in [2.05, 4.69) is 5.32 Å². The van der Waals surface area contributed by atoms with E-state index in [0.29, 0.717) is 6.42 Å². The molecule has 1 aliphatic rings. The van der Waals surface area contributed by atoms with Crippen LogP contribution >= 0.6 is 0 Å². The Morgan fingerprint density at radius 2 is 2.14 bits per heavy atom. The van der Waals surface area contributed by atoms with Crippen LogP contribution in [0.1, 0.15) is 39.5 Å². The standard InChI is InChI=1S/C10H20N2O2/c1-9(2,14)7-12-8(13)6-10(11)4-3-5-10/h14H,3-7,11H2,1-2H3,(H,12,13). The highest BCUT2D eigenvalue weighted by Crippen LogP contribution is 2.31.